The summed E-state index contributed by atoms with van der Waals surface area (Å²) in [5.41, 5.74) is 0.526. The predicted molar refractivity (Wildman–Crippen MR) is 144 cm³/mol. The molecule has 1 aromatic heterocycles. The number of likely N-dealkylation sites (tertiary alicyclic amines) is 1. The van der Waals surface area contributed by atoms with Crippen molar-refractivity contribution in [3.8, 4) is 5.75 Å². The highest BCUT2D eigenvalue weighted by atomic mass is 35.5. The van der Waals surface area contributed by atoms with Gasteiger partial charge in [-0.2, -0.15) is 0 Å². The molecule has 3 aromatic rings. The monoisotopic (exact) mass is 548 g/mol. The first-order chi connectivity index (χ1) is 18.9. The number of ether oxygens (including phenoxy) is 2. The number of hydrogen-bond donors (Lipinski definition) is 1. The fraction of sp³-hybridized carbons (Fsp3) is 0.310. The Morgan fingerprint density at radius 1 is 1.03 bits per heavy atom. The van der Waals surface area contributed by atoms with Gasteiger partial charge in [-0.3, -0.25) is 24.3 Å². The Bertz CT molecular complexity index is 1340. The Hall–Kier alpha value is -3.95. The van der Waals surface area contributed by atoms with E-state index in [4.69, 9.17) is 21.1 Å². The Balaban J connectivity index is 1.37. The molecule has 1 unspecified atom stereocenters. The number of rotatable bonds is 6. The van der Waals surface area contributed by atoms with E-state index in [1.165, 1.54) is 0 Å². The molecule has 1 N–H and O–H groups in total. The minimum atomic E-state index is -1.03. The number of halogens is 1. The van der Waals surface area contributed by atoms with Crippen LogP contribution in [0, 0.1) is 0 Å². The van der Waals surface area contributed by atoms with Crippen LogP contribution in [0.25, 0.3) is 0 Å². The van der Waals surface area contributed by atoms with Crippen molar-refractivity contribution in [3.63, 3.8) is 0 Å². The summed E-state index contributed by atoms with van der Waals surface area (Å²) < 4.78 is 11.5. The second-order valence-corrected chi connectivity index (χ2v) is 9.89. The van der Waals surface area contributed by atoms with Gasteiger partial charge in [0.15, 0.2) is 0 Å². The van der Waals surface area contributed by atoms with Gasteiger partial charge in [0, 0.05) is 37.7 Å². The second-order valence-electron chi connectivity index (χ2n) is 9.49. The third kappa shape index (κ3) is 5.46. The zero-order valence-corrected chi connectivity index (χ0v) is 22.3. The number of carbonyl (C=O) groups is 3. The van der Waals surface area contributed by atoms with Crippen molar-refractivity contribution < 1.29 is 23.9 Å². The Morgan fingerprint density at radius 2 is 1.74 bits per heavy atom. The molecule has 9 nitrogen and oxygen atoms in total. The van der Waals surface area contributed by atoms with Crippen LogP contribution in [0.5, 0.6) is 5.75 Å². The number of aromatic nitrogens is 1. The van der Waals surface area contributed by atoms with Crippen molar-refractivity contribution in [2.24, 2.45) is 0 Å². The van der Waals surface area contributed by atoms with E-state index in [9.17, 15) is 14.4 Å². The molecule has 2 fully saturated rings. The Morgan fingerprint density at radius 3 is 2.41 bits per heavy atom. The zero-order chi connectivity index (χ0) is 27.4. The van der Waals surface area contributed by atoms with Crippen LogP contribution in [0.3, 0.4) is 0 Å². The second kappa shape index (κ2) is 11.4. The van der Waals surface area contributed by atoms with Crippen LogP contribution in [0.1, 0.15) is 39.3 Å². The van der Waals surface area contributed by atoms with Crippen LogP contribution in [0.2, 0.25) is 5.02 Å². The van der Waals surface area contributed by atoms with Crippen molar-refractivity contribution in [2.75, 3.05) is 26.8 Å². The van der Waals surface area contributed by atoms with Crippen LogP contribution in [0.15, 0.2) is 72.9 Å². The van der Waals surface area contributed by atoms with Gasteiger partial charge < -0.3 is 19.7 Å². The van der Waals surface area contributed by atoms with Gasteiger partial charge in [-0.25, -0.2) is 0 Å². The quantitative estimate of drug-likeness (QED) is 0.506. The first-order valence-corrected chi connectivity index (χ1v) is 13.1. The van der Waals surface area contributed by atoms with Gasteiger partial charge in [0.25, 0.3) is 11.8 Å². The molecule has 0 saturated carbocycles. The highest BCUT2D eigenvalue weighted by molar-refractivity contribution is 6.33. The molecule has 2 aromatic carbocycles. The largest absolute Gasteiger partial charge is 0.497 e. The van der Waals surface area contributed by atoms with Crippen LogP contribution in [-0.2, 0) is 16.1 Å². The van der Waals surface area contributed by atoms with Crippen molar-refractivity contribution in [1.82, 2.24) is 20.1 Å². The number of hydrogen-bond acceptors (Lipinski definition) is 6. The molecule has 3 amide bonds. The third-order valence-electron chi connectivity index (χ3n) is 7.23. The van der Waals surface area contributed by atoms with Crippen molar-refractivity contribution in [1.29, 1.82) is 0 Å². The number of nitrogens with one attached hydrogen (secondary N) is 1. The van der Waals surface area contributed by atoms with Gasteiger partial charge in [0.1, 0.15) is 17.5 Å². The molecule has 0 radical (unpaired) electrons. The van der Waals surface area contributed by atoms with E-state index in [0.717, 1.165) is 0 Å². The summed E-state index contributed by atoms with van der Waals surface area (Å²) in [5, 5.41) is 3.29. The van der Waals surface area contributed by atoms with Gasteiger partial charge in [-0.1, -0.05) is 29.8 Å². The lowest BCUT2D eigenvalue weighted by Crippen LogP contribution is -2.59. The van der Waals surface area contributed by atoms with E-state index in [1.807, 2.05) is 12.1 Å². The Labute approximate surface area is 231 Å². The number of amides is 3. The maximum absolute atomic E-state index is 13.9. The molecule has 5 rings (SSSR count). The van der Waals surface area contributed by atoms with E-state index in [0.29, 0.717) is 53.5 Å². The van der Waals surface area contributed by atoms with E-state index in [2.05, 4.69) is 10.3 Å². The smallest absolute Gasteiger partial charge is 0.256 e. The number of pyridine rings is 1. The fourth-order valence-corrected chi connectivity index (χ4v) is 5.32. The first-order valence-electron chi connectivity index (χ1n) is 12.7. The summed E-state index contributed by atoms with van der Waals surface area (Å²) in [6, 6.07) is 18.3. The lowest BCUT2D eigenvalue weighted by molar-refractivity contribution is -0.128. The van der Waals surface area contributed by atoms with Crippen LogP contribution >= 0.6 is 11.6 Å². The van der Waals surface area contributed by atoms with Gasteiger partial charge in [-0.15, -0.1) is 0 Å². The van der Waals surface area contributed by atoms with Crippen molar-refractivity contribution in [2.45, 2.75) is 31.2 Å². The predicted octanol–water partition coefficient (Wildman–Crippen LogP) is 3.53. The molecule has 0 bridgehead atoms. The summed E-state index contributed by atoms with van der Waals surface area (Å²) in [4.78, 5) is 47.9. The minimum absolute atomic E-state index is 0.0500. The maximum atomic E-state index is 13.9. The molecular formula is C29H29ClN4O5. The highest BCUT2D eigenvalue weighted by Gasteiger charge is 2.54. The van der Waals surface area contributed by atoms with E-state index < -0.39 is 11.8 Å². The van der Waals surface area contributed by atoms with Gasteiger partial charge in [0.05, 0.1) is 36.5 Å². The number of nitrogens with zero attached hydrogens (tertiary/aromatic N) is 3. The van der Waals surface area contributed by atoms with Gasteiger partial charge in [-0.05, 0) is 48.5 Å². The summed E-state index contributed by atoms with van der Waals surface area (Å²) in [6.45, 7) is 0.972. The number of methoxy groups -OCH3 is 1. The van der Waals surface area contributed by atoms with Crippen LogP contribution < -0.4 is 10.1 Å². The molecule has 2 saturated heterocycles. The molecule has 2 aliphatic heterocycles. The maximum Gasteiger partial charge on any atom is 0.256 e. The summed E-state index contributed by atoms with van der Waals surface area (Å²) >= 11 is 6.26. The lowest BCUT2D eigenvalue weighted by Gasteiger charge is -2.44. The molecule has 1 atom stereocenters. The molecule has 10 heteroatoms. The van der Waals surface area contributed by atoms with Gasteiger partial charge in [0.2, 0.25) is 5.91 Å². The molecule has 202 valence electrons. The molecule has 39 heavy (non-hydrogen) atoms. The minimum Gasteiger partial charge on any atom is -0.497 e. The zero-order valence-electron chi connectivity index (χ0n) is 21.5. The molecule has 2 aliphatic rings. The summed E-state index contributed by atoms with van der Waals surface area (Å²) in [7, 11) is 1.56. The average Bonchev–Trinajstić information content (AvgIpc) is 3.34. The number of carbonyl (C=O) groups excluding carboxylic acids is 3. The average molecular weight is 549 g/mol. The Kier molecular flexibility index (Phi) is 7.81. The number of benzene rings is 2. The SMILES string of the molecule is COc1ccc(C(=O)N2C(C(=O)NCc3ccccn3)COC23CCN(C(=O)c2ccccc2Cl)CC3)cc1. The third-order valence-corrected chi connectivity index (χ3v) is 7.55. The number of piperidine rings is 1. The van der Waals surface area contributed by atoms with Crippen molar-refractivity contribution in [3.05, 3.63) is 94.8 Å². The summed E-state index contributed by atoms with van der Waals surface area (Å²) in [5.74, 6) is -0.200. The molecule has 3 heterocycles. The van der Waals surface area contributed by atoms with Crippen molar-refractivity contribution >= 4 is 29.3 Å². The first kappa shape index (κ1) is 26.6. The topological polar surface area (TPSA) is 101 Å². The van der Waals surface area contributed by atoms with E-state index in [-0.39, 0.29) is 30.9 Å². The molecule has 0 aliphatic carbocycles. The van der Waals surface area contributed by atoms with E-state index in [1.54, 1.807) is 77.7 Å². The van der Waals surface area contributed by atoms with Crippen LogP contribution in [0.4, 0.5) is 0 Å². The standard InChI is InChI=1S/C29H29ClN4O5/c1-38-22-11-9-20(10-12-22)27(36)34-25(26(35)32-18-21-6-4-5-15-31-21)19-39-29(34)13-16-33(17-14-29)28(37)23-7-2-3-8-24(23)30/h2-12,15,25H,13-14,16-19H2,1H3,(H,32,35). The lowest BCUT2D eigenvalue weighted by atomic mass is 9.96. The fourth-order valence-electron chi connectivity index (χ4n) is 5.10. The highest BCUT2D eigenvalue weighted by Crippen LogP contribution is 2.39. The summed E-state index contributed by atoms with van der Waals surface area (Å²) in [6.07, 6.45) is 2.37. The molecule has 1 spiro atoms. The van der Waals surface area contributed by atoms with Crippen LogP contribution in [-0.4, -0.2) is 71.1 Å². The normalized spacial score (nSPS) is 18.2. The van der Waals surface area contributed by atoms with E-state index >= 15 is 0 Å². The van der Waals surface area contributed by atoms with Gasteiger partial charge >= 0.3 is 0 Å². The molecular weight excluding hydrogens is 520 g/mol.